The van der Waals surface area contributed by atoms with Gasteiger partial charge in [-0.15, -0.1) is 22.0 Å². The van der Waals surface area contributed by atoms with Crippen LogP contribution in [0, 0.1) is 0 Å². The molecule has 25 heavy (non-hydrogen) atoms. The van der Waals surface area contributed by atoms with Gasteiger partial charge in [-0.3, -0.25) is 14.5 Å². The Morgan fingerprint density at radius 2 is 2.36 bits per heavy atom. The van der Waals surface area contributed by atoms with Crippen molar-refractivity contribution in [3.63, 3.8) is 0 Å². The number of hydrogen-bond acceptors (Lipinski definition) is 8. The van der Waals surface area contributed by atoms with Crippen molar-refractivity contribution in [3.05, 3.63) is 11.3 Å². The minimum absolute atomic E-state index is 0.188. The van der Waals surface area contributed by atoms with Crippen molar-refractivity contribution in [2.45, 2.75) is 29.3 Å². The standard InChI is InChI=1S/C12H14F2N6O2S3/c1-5-6(3-25-12-16-18-19-17-12)2-23-10-8(9(22)20(5)10)15-7(21)4-24-11(13)14/h8,10-11H,2-4H2,1H3,(H,15,21)(H,16,17,18,19). The van der Waals surface area contributed by atoms with Crippen LogP contribution in [-0.2, 0) is 9.59 Å². The first-order valence-corrected chi connectivity index (χ1v) is 10.2. The molecule has 0 aromatic carbocycles. The first-order chi connectivity index (χ1) is 12.0. The molecule has 2 aliphatic heterocycles. The minimum atomic E-state index is -2.60. The number of alkyl halides is 2. The van der Waals surface area contributed by atoms with E-state index in [9.17, 15) is 18.4 Å². The SMILES string of the molecule is CC1=C(CSc2nn[nH]n2)CSC2C(NC(=O)CSC(F)F)C(=O)N12. The molecule has 136 valence electrons. The second-order valence-electron chi connectivity index (χ2n) is 5.20. The zero-order valence-corrected chi connectivity index (χ0v) is 15.4. The van der Waals surface area contributed by atoms with Crippen molar-refractivity contribution in [2.75, 3.05) is 17.3 Å². The highest BCUT2D eigenvalue weighted by molar-refractivity contribution is 8.01. The summed E-state index contributed by atoms with van der Waals surface area (Å²) in [6.45, 7) is 1.86. The first-order valence-electron chi connectivity index (χ1n) is 7.16. The third kappa shape index (κ3) is 4.08. The molecule has 1 aromatic rings. The summed E-state index contributed by atoms with van der Waals surface area (Å²) < 4.78 is 24.2. The smallest absolute Gasteiger partial charge is 0.285 e. The summed E-state index contributed by atoms with van der Waals surface area (Å²) in [6, 6.07) is -0.655. The third-order valence-electron chi connectivity index (χ3n) is 3.70. The van der Waals surface area contributed by atoms with Crippen LogP contribution < -0.4 is 5.32 Å². The van der Waals surface area contributed by atoms with Crippen LogP contribution in [0.15, 0.2) is 16.4 Å². The van der Waals surface area contributed by atoms with E-state index in [2.05, 4.69) is 25.9 Å². The molecule has 0 spiro atoms. The highest BCUT2D eigenvalue weighted by Crippen LogP contribution is 2.41. The molecule has 0 radical (unpaired) electrons. The van der Waals surface area contributed by atoms with Crippen molar-refractivity contribution in [1.82, 2.24) is 30.8 Å². The molecule has 2 N–H and O–H groups in total. The van der Waals surface area contributed by atoms with Crippen LogP contribution in [0.5, 0.6) is 0 Å². The number of rotatable bonds is 7. The second kappa shape index (κ2) is 7.91. The van der Waals surface area contributed by atoms with E-state index in [4.69, 9.17) is 0 Å². The van der Waals surface area contributed by atoms with Crippen molar-refractivity contribution in [1.29, 1.82) is 0 Å². The topological polar surface area (TPSA) is 104 Å². The van der Waals surface area contributed by atoms with E-state index in [-0.39, 0.29) is 28.8 Å². The second-order valence-corrected chi connectivity index (χ2v) is 8.22. The summed E-state index contributed by atoms with van der Waals surface area (Å²) >= 11 is 3.20. The van der Waals surface area contributed by atoms with Crippen LogP contribution in [0.2, 0.25) is 0 Å². The van der Waals surface area contributed by atoms with Gasteiger partial charge in [-0.25, -0.2) is 0 Å². The normalized spacial score (nSPS) is 22.9. The Morgan fingerprint density at radius 3 is 3.04 bits per heavy atom. The van der Waals surface area contributed by atoms with E-state index >= 15 is 0 Å². The van der Waals surface area contributed by atoms with E-state index in [1.807, 2.05) is 6.92 Å². The van der Waals surface area contributed by atoms with Crippen LogP contribution >= 0.6 is 35.3 Å². The van der Waals surface area contributed by atoms with Crippen LogP contribution in [-0.4, -0.2) is 71.8 Å². The molecule has 2 amide bonds. The molecule has 2 unspecified atom stereocenters. The number of hydrogen-bond donors (Lipinski definition) is 2. The molecule has 0 saturated carbocycles. The Kier molecular flexibility index (Phi) is 5.84. The largest absolute Gasteiger partial charge is 0.341 e. The molecular weight excluding hydrogens is 394 g/mol. The van der Waals surface area contributed by atoms with Gasteiger partial charge in [-0.2, -0.15) is 14.0 Å². The van der Waals surface area contributed by atoms with Crippen LogP contribution in [0.4, 0.5) is 8.78 Å². The summed E-state index contributed by atoms with van der Waals surface area (Å²) in [4.78, 5) is 25.6. The molecule has 0 bridgehead atoms. The first kappa shape index (κ1) is 18.5. The van der Waals surface area contributed by atoms with Gasteiger partial charge in [0, 0.05) is 17.2 Å². The van der Waals surface area contributed by atoms with Crippen LogP contribution in [0.25, 0.3) is 0 Å². The van der Waals surface area contributed by atoms with E-state index in [0.717, 1.165) is 11.3 Å². The van der Waals surface area contributed by atoms with Gasteiger partial charge in [0.1, 0.15) is 11.4 Å². The molecule has 1 fully saturated rings. The predicted molar refractivity (Wildman–Crippen MR) is 91.1 cm³/mol. The van der Waals surface area contributed by atoms with Gasteiger partial charge in [-0.1, -0.05) is 23.5 Å². The van der Waals surface area contributed by atoms with E-state index in [0.29, 0.717) is 16.7 Å². The maximum atomic E-state index is 12.3. The number of β-lactam (4-membered cyclic amide) rings is 1. The van der Waals surface area contributed by atoms with Crippen LogP contribution in [0.1, 0.15) is 6.92 Å². The Morgan fingerprint density at radius 1 is 1.56 bits per heavy atom. The molecule has 0 aliphatic carbocycles. The molecule has 1 aromatic heterocycles. The van der Waals surface area contributed by atoms with Gasteiger partial charge in [0.25, 0.3) is 11.7 Å². The number of carbonyl (C=O) groups excluding carboxylic acids is 2. The van der Waals surface area contributed by atoms with Gasteiger partial charge >= 0.3 is 0 Å². The summed E-state index contributed by atoms with van der Waals surface area (Å²) in [5, 5.41) is 16.5. The number of fused-ring (bicyclic) bond motifs is 1. The lowest BCUT2D eigenvalue weighted by Gasteiger charge is -2.50. The zero-order valence-electron chi connectivity index (χ0n) is 12.9. The zero-order chi connectivity index (χ0) is 18.0. The molecule has 2 aliphatic rings. The Balaban J connectivity index is 1.56. The fraction of sp³-hybridized carbons (Fsp3) is 0.583. The Hall–Kier alpha value is -1.34. The minimum Gasteiger partial charge on any atom is -0.341 e. The third-order valence-corrected chi connectivity index (χ3v) is 6.65. The van der Waals surface area contributed by atoms with Gasteiger partial charge in [-0.05, 0) is 17.7 Å². The summed E-state index contributed by atoms with van der Waals surface area (Å²) in [7, 11) is 0. The van der Waals surface area contributed by atoms with Crippen molar-refractivity contribution in [2.24, 2.45) is 0 Å². The van der Waals surface area contributed by atoms with Gasteiger partial charge in [0.05, 0.1) is 5.75 Å². The molecule has 8 nitrogen and oxygen atoms in total. The quantitative estimate of drug-likeness (QED) is 0.507. The van der Waals surface area contributed by atoms with E-state index in [1.165, 1.54) is 11.8 Å². The number of H-pyrrole nitrogens is 1. The lowest BCUT2D eigenvalue weighted by atomic mass is 10.0. The van der Waals surface area contributed by atoms with Gasteiger partial charge < -0.3 is 5.32 Å². The number of aromatic nitrogens is 4. The number of nitrogens with one attached hydrogen (secondary N) is 2. The van der Waals surface area contributed by atoms with Crippen molar-refractivity contribution >= 4 is 47.1 Å². The number of halogens is 2. The average Bonchev–Trinajstić information content (AvgIpc) is 3.09. The highest BCUT2D eigenvalue weighted by atomic mass is 32.2. The maximum absolute atomic E-state index is 12.3. The van der Waals surface area contributed by atoms with E-state index < -0.39 is 17.7 Å². The van der Waals surface area contributed by atoms with Crippen molar-refractivity contribution in [3.8, 4) is 0 Å². The molecular formula is C12H14F2N6O2S3. The molecule has 3 rings (SSSR count). The monoisotopic (exact) mass is 408 g/mol. The van der Waals surface area contributed by atoms with Gasteiger partial charge in [0.15, 0.2) is 0 Å². The molecule has 13 heteroatoms. The number of tetrazole rings is 1. The van der Waals surface area contributed by atoms with Gasteiger partial charge in [0.2, 0.25) is 11.1 Å². The van der Waals surface area contributed by atoms with E-state index in [1.54, 1.807) is 16.7 Å². The molecule has 3 heterocycles. The number of amides is 2. The number of allylic oxidation sites excluding steroid dienone is 1. The summed E-state index contributed by atoms with van der Waals surface area (Å²) in [5.41, 5.74) is 1.94. The number of thioether (sulfide) groups is 3. The van der Waals surface area contributed by atoms with Crippen LogP contribution in [0.3, 0.4) is 0 Å². The molecule has 1 saturated heterocycles. The number of nitrogens with zero attached hydrogens (tertiary/aromatic N) is 4. The Labute approximate surface area is 154 Å². The number of carbonyl (C=O) groups is 2. The fourth-order valence-electron chi connectivity index (χ4n) is 2.45. The lowest BCUT2D eigenvalue weighted by Crippen LogP contribution is -2.69. The Bertz CT molecular complexity index is 686. The summed E-state index contributed by atoms with van der Waals surface area (Å²) in [6.07, 6.45) is 0. The highest BCUT2D eigenvalue weighted by Gasteiger charge is 2.51. The molecule has 2 atom stereocenters. The van der Waals surface area contributed by atoms with Crippen molar-refractivity contribution < 1.29 is 18.4 Å². The maximum Gasteiger partial charge on any atom is 0.285 e. The number of aromatic amines is 1. The lowest BCUT2D eigenvalue weighted by molar-refractivity contribution is -0.145. The fourth-order valence-corrected chi connectivity index (χ4v) is 5.23. The summed E-state index contributed by atoms with van der Waals surface area (Å²) in [5.74, 6) is -2.38. The predicted octanol–water partition coefficient (Wildman–Crippen LogP) is 0.921. The average molecular weight is 408 g/mol.